The fourth-order valence-electron chi connectivity index (χ4n) is 0.311. The zero-order chi connectivity index (χ0) is 6.57. The summed E-state index contributed by atoms with van der Waals surface area (Å²) in [5.41, 5.74) is 0.102. The van der Waals surface area contributed by atoms with Crippen molar-refractivity contribution in [3.63, 3.8) is 0 Å². The van der Waals surface area contributed by atoms with Crippen LogP contribution in [0.4, 0.5) is 0 Å². The van der Waals surface area contributed by atoms with E-state index in [1.54, 1.807) is 13.0 Å². The first-order valence-electron chi connectivity index (χ1n) is 2.18. The van der Waals surface area contributed by atoms with Gasteiger partial charge < -0.3 is 4.79 Å². The van der Waals surface area contributed by atoms with Crippen molar-refractivity contribution in [3.8, 4) is 6.07 Å². The third kappa shape index (κ3) is 4.50. The maximum absolute atomic E-state index is 10.3. The molecular weight excluding hydrogens is 191 g/mol. The molecule has 0 aliphatic carbocycles. The summed E-state index contributed by atoms with van der Waals surface area (Å²) >= 11 is 0. The predicted molar refractivity (Wildman–Crippen MR) is 28.7 cm³/mol. The number of carbonyl (C=O) groups excluding carboxylic acids is 1. The van der Waals surface area contributed by atoms with E-state index in [0.717, 1.165) is 0 Å². The second-order valence-electron chi connectivity index (χ2n) is 1.29. The Morgan fingerprint density at radius 3 is 2.11 bits per heavy atom. The molecular formula is C6H6NOY-. The molecule has 0 heterocycles. The van der Waals surface area contributed by atoms with Gasteiger partial charge in [0, 0.05) is 32.7 Å². The van der Waals surface area contributed by atoms with Gasteiger partial charge in [0.1, 0.15) is 0 Å². The molecule has 0 aromatic carbocycles. The summed E-state index contributed by atoms with van der Waals surface area (Å²) in [7, 11) is 0. The Bertz CT molecular complexity index is 166. The fourth-order valence-corrected chi connectivity index (χ4v) is 0.311. The maximum Gasteiger partial charge on any atom is 0.0551 e. The van der Waals surface area contributed by atoms with Crippen LogP contribution in [-0.2, 0) is 37.5 Å². The molecule has 0 aliphatic rings. The minimum Gasteiger partial charge on any atom is -0.370 e. The van der Waals surface area contributed by atoms with Gasteiger partial charge in [-0.15, -0.1) is 0 Å². The van der Waals surface area contributed by atoms with Crippen LogP contribution in [0.2, 0.25) is 0 Å². The molecule has 0 fully saturated rings. The molecule has 2 nitrogen and oxygen atoms in total. The first-order chi connectivity index (χ1) is 3.72. The van der Waals surface area contributed by atoms with Crippen molar-refractivity contribution < 1.29 is 37.5 Å². The molecule has 0 aliphatic heterocycles. The van der Waals surface area contributed by atoms with Crippen molar-refractivity contribution in [3.05, 3.63) is 11.6 Å². The van der Waals surface area contributed by atoms with Gasteiger partial charge in [0.2, 0.25) is 0 Å². The van der Waals surface area contributed by atoms with Crippen LogP contribution in [0.5, 0.6) is 0 Å². The summed E-state index contributed by atoms with van der Waals surface area (Å²) < 4.78 is 0. The number of hydrogen-bond acceptors (Lipinski definition) is 2. The normalized spacial score (nSPS) is 9.22. The molecule has 45 valence electrons. The van der Waals surface area contributed by atoms with Crippen LogP contribution < -0.4 is 0 Å². The Hall–Kier alpha value is 0.00390. The molecule has 0 aromatic rings. The predicted octanol–water partition coefficient (Wildman–Crippen LogP) is 0.846. The minimum absolute atomic E-state index is 0. The average Bonchev–Trinajstić information content (AvgIpc) is 1.69. The van der Waals surface area contributed by atoms with Gasteiger partial charge in [0.15, 0.2) is 0 Å². The first kappa shape index (κ1) is 11.8. The van der Waals surface area contributed by atoms with E-state index >= 15 is 0 Å². The summed E-state index contributed by atoms with van der Waals surface area (Å²) in [6.07, 6.45) is 2.46. The van der Waals surface area contributed by atoms with E-state index in [4.69, 9.17) is 5.26 Å². The van der Waals surface area contributed by atoms with Crippen LogP contribution >= 0.6 is 0 Å². The quantitative estimate of drug-likeness (QED) is 0.355. The Morgan fingerprint density at radius 2 is 2.11 bits per heavy atom. The third-order valence-corrected chi connectivity index (χ3v) is 0.714. The van der Waals surface area contributed by atoms with E-state index < -0.39 is 0 Å². The van der Waals surface area contributed by atoms with Crippen molar-refractivity contribution in [2.24, 2.45) is 0 Å². The van der Waals surface area contributed by atoms with Gasteiger partial charge in [-0.05, 0) is 6.92 Å². The number of hydrogen-bond donors (Lipinski definition) is 0. The Kier molecular flexibility index (Phi) is 8.01. The molecule has 0 spiro atoms. The second-order valence-corrected chi connectivity index (χ2v) is 1.29. The van der Waals surface area contributed by atoms with Crippen molar-refractivity contribution in [2.75, 3.05) is 0 Å². The Morgan fingerprint density at radius 1 is 1.67 bits per heavy atom. The molecule has 0 unspecified atom stereocenters. The van der Waals surface area contributed by atoms with E-state index in [1.165, 1.54) is 6.92 Å². The van der Waals surface area contributed by atoms with E-state index in [2.05, 4.69) is 6.08 Å². The first-order valence-corrected chi connectivity index (χ1v) is 2.18. The summed E-state index contributed by atoms with van der Waals surface area (Å²) in [6.45, 7) is 2.88. The zero-order valence-corrected chi connectivity index (χ0v) is 8.27. The second kappa shape index (κ2) is 6.13. The smallest absolute Gasteiger partial charge is 0.0551 e. The minimum atomic E-state index is -0.227. The Labute approximate surface area is 79.8 Å². The summed E-state index contributed by atoms with van der Waals surface area (Å²) in [5, 5.41) is 8.13. The molecule has 0 aromatic heterocycles. The van der Waals surface area contributed by atoms with Crippen LogP contribution in [0.3, 0.4) is 0 Å². The van der Waals surface area contributed by atoms with E-state index in [0.29, 0.717) is 0 Å². The Balaban J connectivity index is 0. The van der Waals surface area contributed by atoms with Gasteiger partial charge in [0.05, 0.1) is 5.78 Å². The number of rotatable bonds is 1. The van der Waals surface area contributed by atoms with Crippen LogP contribution in [0, 0.1) is 17.4 Å². The molecule has 0 saturated carbocycles. The van der Waals surface area contributed by atoms with Crippen molar-refractivity contribution >= 4 is 5.78 Å². The van der Waals surface area contributed by atoms with Gasteiger partial charge in [-0.2, -0.15) is 6.08 Å². The average molecular weight is 197 g/mol. The van der Waals surface area contributed by atoms with Crippen LogP contribution in [0.25, 0.3) is 0 Å². The largest absolute Gasteiger partial charge is 0.370 e. The standard InChI is InChI=1S/C6H6NO.Y/c1-3-6(4-7)5(2)8;/h1-2H3;/q-1;. The van der Waals surface area contributed by atoms with E-state index in [-0.39, 0.29) is 44.1 Å². The van der Waals surface area contributed by atoms with Gasteiger partial charge in [-0.3, -0.25) is 5.26 Å². The van der Waals surface area contributed by atoms with Crippen LogP contribution in [0.1, 0.15) is 13.8 Å². The van der Waals surface area contributed by atoms with Crippen molar-refractivity contribution in [2.45, 2.75) is 13.8 Å². The number of carbonyl (C=O) groups is 1. The van der Waals surface area contributed by atoms with Gasteiger partial charge >= 0.3 is 0 Å². The van der Waals surface area contributed by atoms with Crippen molar-refractivity contribution in [1.82, 2.24) is 0 Å². The van der Waals surface area contributed by atoms with Crippen LogP contribution in [-0.4, -0.2) is 5.78 Å². The van der Waals surface area contributed by atoms with Gasteiger partial charge in [-0.1, -0.05) is 18.6 Å². The molecule has 0 atom stereocenters. The fraction of sp³-hybridized carbons (Fsp3) is 0.333. The number of allylic oxidation sites excluding steroid dienone is 2. The SMILES string of the molecule is C[C-]=C(C#N)C(C)=O.[Y]. The number of nitriles is 1. The molecule has 0 bridgehead atoms. The van der Waals surface area contributed by atoms with Crippen molar-refractivity contribution in [1.29, 1.82) is 5.26 Å². The van der Waals surface area contributed by atoms with Gasteiger partial charge in [-0.25, -0.2) is 0 Å². The molecule has 1 radical (unpaired) electrons. The van der Waals surface area contributed by atoms with E-state index in [9.17, 15) is 4.79 Å². The molecule has 0 amide bonds. The number of Topliss-reactive ketones (excluding diaryl/α,β-unsaturated/α-hetero) is 1. The molecule has 3 heteroatoms. The summed E-state index contributed by atoms with van der Waals surface area (Å²) in [5.74, 6) is -0.227. The summed E-state index contributed by atoms with van der Waals surface area (Å²) in [4.78, 5) is 10.3. The molecule has 0 rings (SSSR count). The van der Waals surface area contributed by atoms with E-state index in [1.807, 2.05) is 0 Å². The third-order valence-electron chi connectivity index (χ3n) is 0.714. The number of ketones is 1. The van der Waals surface area contributed by atoms with Crippen LogP contribution in [0.15, 0.2) is 5.57 Å². The maximum atomic E-state index is 10.3. The number of nitrogens with zero attached hydrogens (tertiary/aromatic N) is 1. The zero-order valence-electron chi connectivity index (χ0n) is 5.43. The molecule has 0 saturated heterocycles. The topological polar surface area (TPSA) is 40.9 Å². The molecule has 9 heavy (non-hydrogen) atoms. The monoisotopic (exact) mass is 197 g/mol. The molecule has 0 N–H and O–H groups in total. The van der Waals surface area contributed by atoms with Gasteiger partial charge in [0.25, 0.3) is 0 Å². The summed E-state index contributed by atoms with van der Waals surface area (Å²) in [6, 6.07) is 1.71.